The minimum atomic E-state index is -0.280. The number of nitrogens with one attached hydrogen (secondary N) is 1. The van der Waals surface area contributed by atoms with Crippen LogP contribution < -0.4 is 5.56 Å². The minimum Gasteiger partial charge on any atom is -0.268 e. The molecule has 1 aliphatic carbocycles. The number of halogens is 1. The first kappa shape index (κ1) is 15.7. The number of H-pyrrole nitrogens is 1. The van der Waals surface area contributed by atoms with Gasteiger partial charge in [0.05, 0.1) is 21.9 Å². The van der Waals surface area contributed by atoms with Gasteiger partial charge >= 0.3 is 0 Å². The van der Waals surface area contributed by atoms with Crippen molar-refractivity contribution < 1.29 is 4.39 Å². The molecule has 2 heterocycles. The molecule has 1 saturated carbocycles. The van der Waals surface area contributed by atoms with E-state index < -0.39 is 0 Å². The zero-order valence-corrected chi connectivity index (χ0v) is 14.4. The highest BCUT2D eigenvalue weighted by atomic mass is 32.2. The number of nitrogens with zero attached hydrogens (tertiary/aromatic N) is 2. The van der Waals surface area contributed by atoms with Gasteiger partial charge in [-0.05, 0) is 37.5 Å². The summed E-state index contributed by atoms with van der Waals surface area (Å²) in [6, 6.07) is 6.81. The van der Waals surface area contributed by atoms with Gasteiger partial charge in [0.25, 0.3) is 5.56 Å². The maximum absolute atomic E-state index is 13.7. The zero-order valence-electron chi connectivity index (χ0n) is 13.6. The molecule has 0 saturated heterocycles. The summed E-state index contributed by atoms with van der Waals surface area (Å²) in [4.78, 5) is 17.3. The molecule has 0 amide bonds. The molecule has 2 aromatic rings. The Bertz CT molecular complexity index is 848. The quantitative estimate of drug-likeness (QED) is 0.857. The molecule has 126 valence electrons. The van der Waals surface area contributed by atoms with E-state index in [9.17, 15) is 9.18 Å². The molecular weight excluding hydrogens is 325 g/mol. The van der Waals surface area contributed by atoms with E-state index in [2.05, 4.69) is 10.1 Å². The number of aliphatic imine (C=N–C) groups is 1. The van der Waals surface area contributed by atoms with Crippen LogP contribution in [0.4, 0.5) is 10.2 Å². The lowest BCUT2D eigenvalue weighted by molar-refractivity contribution is 0.331. The van der Waals surface area contributed by atoms with Gasteiger partial charge in [0.2, 0.25) is 0 Å². The Balaban J connectivity index is 1.82. The van der Waals surface area contributed by atoms with E-state index in [0.29, 0.717) is 11.6 Å². The number of thioether (sulfide) groups is 1. The first-order chi connectivity index (χ1) is 11.6. The first-order valence-corrected chi connectivity index (χ1v) is 9.33. The third kappa shape index (κ3) is 2.73. The van der Waals surface area contributed by atoms with Crippen molar-refractivity contribution in [2.45, 2.75) is 50.3 Å². The standard InChI is InChI=1S/C18H20FN3OS/c1-11-20-17-15(16(24-11)12-6-5-7-13(19)10-12)18(23)21-22(17)14-8-3-2-4-9-14/h5-7,10,14,16H,2-4,8-9H2,1H3,(H,21,23)/t16-/m1/s1. The zero-order chi connectivity index (χ0) is 16.7. The van der Waals surface area contributed by atoms with Gasteiger partial charge in [0.1, 0.15) is 5.82 Å². The normalized spacial score (nSPS) is 21.4. The summed E-state index contributed by atoms with van der Waals surface area (Å²) in [6.07, 6.45) is 5.77. The topological polar surface area (TPSA) is 50.1 Å². The van der Waals surface area contributed by atoms with Crippen LogP contribution in [0.5, 0.6) is 0 Å². The second-order valence-electron chi connectivity index (χ2n) is 6.52. The van der Waals surface area contributed by atoms with Crippen LogP contribution in [0.2, 0.25) is 0 Å². The van der Waals surface area contributed by atoms with Crippen molar-refractivity contribution in [3.8, 4) is 0 Å². The maximum atomic E-state index is 13.7. The summed E-state index contributed by atoms with van der Waals surface area (Å²) in [5.74, 6) is 0.454. The van der Waals surface area contributed by atoms with Crippen LogP contribution >= 0.6 is 11.8 Å². The Morgan fingerprint density at radius 1 is 1.29 bits per heavy atom. The van der Waals surface area contributed by atoms with E-state index in [0.717, 1.165) is 29.3 Å². The van der Waals surface area contributed by atoms with E-state index in [-0.39, 0.29) is 16.6 Å². The van der Waals surface area contributed by atoms with Gasteiger partial charge in [0.15, 0.2) is 5.82 Å². The first-order valence-electron chi connectivity index (χ1n) is 8.45. The molecule has 0 radical (unpaired) electrons. The number of fused-ring (bicyclic) bond motifs is 1. The predicted molar refractivity (Wildman–Crippen MR) is 95.8 cm³/mol. The van der Waals surface area contributed by atoms with Crippen LogP contribution in [0.25, 0.3) is 0 Å². The molecule has 1 fully saturated rings. The van der Waals surface area contributed by atoms with Crippen molar-refractivity contribution in [2.24, 2.45) is 4.99 Å². The van der Waals surface area contributed by atoms with Gasteiger partial charge in [0, 0.05) is 0 Å². The molecule has 2 aliphatic rings. The molecule has 24 heavy (non-hydrogen) atoms. The van der Waals surface area contributed by atoms with E-state index in [4.69, 9.17) is 0 Å². The molecule has 1 aromatic heterocycles. The van der Waals surface area contributed by atoms with Gasteiger partial charge in [-0.25, -0.2) is 9.38 Å². The molecule has 0 spiro atoms. The average molecular weight is 345 g/mol. The van der Waals surface area contributed by atoms with Gasteiger partial charge < -0.3 is 0 Å². The molecular formula is C18H20FN3OS. The smallest absolute Gasteiger partial charge is 0.268 e. The number of hydrogen-bond acceptors (Lipinski definition) is 3. The lowest BCUT2D eigenvalue weighted by Gasteiger charge is -2.26. The highest BCUT2D eigenvalue weighted by Gasteiger charge is 2.32. The molecule has 1 atom stereocenters. The molecule has 1 aromatic carbocycles. The summed E-state index contributed by atoms with van der Waals surface area (Å²) in [7, 11) is 0. The van der Waals surface area contributed by atoms with Crippen molar-refractivity contribution in [3.63, 3.8) is 0 Å². The number of aromatic nitrogens is 2. The Hall–Kier alpha value is -1.82. The number of hydrogen-bond donors (Lipinski definition) is 1. The largest absolute Gasteiger partial charge is 0.271 e. The SMILES string of the molecule is CC1=Nc2c(c(=O)[nH]n2C2CCCCC2)[C@@H](c2cccc(F)c2)S1. The highest BCUT2D eigenvalue weighted by Crippen LogP contribution is 2.45. The summed E-state index contributed by atoms with van der Waals surface area (Å²) in [6.45, 7) is 1.95. The molecule has 4 nitrogen and oxygen atoms in total. The van der Waals surface area contributed by atoms with Gasteiger partial charge in [-0.15, -0.1) is 0 Å². The summed E-state index contributed by atoms with van der Waals surface area (Å²) in [5, 5.41) is 3.70. The second kappa shape index (κ2) is 6.24. The van der Waals surface area contributed by atoms with Crippen molar-refractivity contribution >= 4 is 22.6 Å². The summed E-state index contributed by atoms with van der Waals surface area (Å²) in [5.41, 5.74) is 1.36. The Kier molecular flexibility index (Phi) is 4.08. The lowest BCUT2D eigenvalue weighted by Crippen LogP contribution is -2.16. The summed E-state index contributed by atoms with van der Waals surface area (Å²) >= 11 is 1.51. The van der Waals surface area contributed by atoms with E-state index in [1.165, 1.54) is 43.2 Å². The fourth-order valence-corrected chi connectivity index (χ4v) is 4.81. The molecule has 4 rings (SSSR count). The van der Waals surface area contributed by atoms with Gasteiger partial charge in [-0.1, -0.05) is 43.2 Å². The van der Waals surface area contributed by atoms with Crippen molar-refractivity contribution in [3.05, 3.63) is 51.6 Å². The third-order valence-corrected chi connectivity index (χ3v) is 6.02. The van der Waals surface area contributed by atoms with Crippen LogP contribution in [0.1, 0.15) is 61.4 Å². The van der Waals surface area contributed by atoms with Crippen LogP contribution in [0, 0.1) is 5.82 Å². The van der Waals surface area contributed by atoms with Crippen LogP contribution in [0.3, 0.4) is 0 Å². The Morgan fingerprint density at radius 3 is 2.83 bits per heavy atom. The molecule has 0 unspecified atom stereocenters. The van der Waals surface area contributed by atoms with Gasteiger partial charge in [-0.2, -0.15) is 0 Å². The van der Waals surface area contributed by atoms with E-state index in [1.807, 2.05) is 17.7 Å². The predicted octanol–water partition coefficient (Wildman–Crippen LogP) is 4.71. The summed E-state index contributed by atoms with van der Waals surface area (Å²) < 4.78 is 15.6. The number of benzene rings is 1. The van der Waals surface area contributed by atoms with E-state index >= 15 is 0 Å². The van der Waals surface area contributed by atoms with Crippen LogP contribution in [0.15, 0.2) is 34.1 Å². The maximum Gasteiger partial charge on any atom is 0.271 e. The van der Waals surface area contributed by atoms with E-state index in [1.54, 1.807) is 6.07 Å². The molecule has 0 bridgehead atoms. The lowest BCUT2D eigenvalue weighted by atomic mass is 9.95. The number of rotatable bonds is 2. The fraction of sp³-hybridized carbons (Fsp3) is 0.444. The molecule has 6 heteroatoms. The number of aromatic amines is 1. The monoisotopic (exact) mass is 345 g/mol. The van der Waals surface area contributed by atoms with Crippen molar-refractivity contribution in [2.75, 3.05) is 0 Å². The van der Waals surface area contributed by atoms with Gasteiger partial charge in [-0.3, -0.25) is 14.6 Å². The van der Waals surface area contributed by atoms with Crippen LogP contribution in [-0.2, 0) is 0 Å². The Labute approximate surface area is 144 Å². The minimum absolute atomic E-state index is 0.103. The third-order valence-electron chi connectivity index (χ3n) is 4.84. The highest BCUT2D eigenvalue weighted by molar-refractivity contribution is 8.14. The molecule has 1 aliphatic heterocycles. The van der Waals surface area contributed by atoms with Crippen molar-refractivity contribution in [1.82, 2.24) is 9.78 Å². The van der Waals surface area contributed by atoms with Crippen molar-refractivity contribution in [1.29, 1.82) is 0 Å². The average Bonchev–Trinajstić information content (AvgIpc) is 2.91. The van der Waals surface area contributed by atoms with Crippen LogP contribution in [-0.4, -0.2) is 14.8 Å². The fourth-order valence-electron chi connectivity index (χ4n) is 3.72. The molecule has 1 N–H and O–H groups in total. The Morgan fingerprint density at radius 2 is 2.08 bits per heavy atom. The second-order valence-corrected chi connectivity index (χ2v) is 7.82.